The molecular formula is C20H23F2N3O3. The molecule has 0 spiro atoms. The molecule has 3 saturated heterocycles. The van der Waals surface area contributed by atoms with E-state index in [0.29, 0.717) is 39.0 Å². The van der Waals surface area contributed by atoms with E-state index in [9.17, 15) is 23.2 Å². The minimum Gasteiger partial charge on any atom is -0.343 e. The average molecular weight is 391 g/mol. The third kappa shape index (κ3) is 3.41. The first-order chi connectivity index (χ1) is 13.5. The first-order valence-corrected chi connectivity index (χ1v) is 9.74. The highest BCUT2D eigenvalue weighted by Crippen LogP contribution is 2.34. The van der Waals surface area contributed by atoms with Crippen molar-refractivity contribution in [3.05, 3.63) is 35.4 Å². The third-order valence-electron chi connectivity index (χ3n) is 5.97. The van der Waals surface area contributed by atoms with Crippen LogP contribution < -0.4 is 0 Å². The summed E-state index contributed by atoms with van der Waals surface area (Å²) in [7, 11) is 0. The van der Waals surface area contributed by atoms with Crippen molar-refractivity contribution in [1.82, 2.24) is 14.7 Å². The molecule has 3 heterocycles. The van der Waals surface area contributed by atoms with Gasteiger partial charge in [0.05, 0.1) is 11.8 Å². The molecule has 0 unspecified atom stereocenters. The summed E-state index contributed by atoms with van der Waals surface area (Å²) in [5.41, 5.74) is 0.229. The summed E-state index contributed by atoms with van der Waals surface area (Å²) in [5.74, 6) is -2.86. The van der Waals surface area contributed by atoms with Crippen molar-refractivity contribution in [2.45, 2.75) is 25.8 Å². The molecule has 150 valence electrons. The lowest BCUT2D eigenvalue weighted by Crippen LogP contribution is -2.38. The van der Waals surface area contributed by atoms with Crippen molar-refractivity contribution in [3.8, 4) is 0 Å². The predicted octanol–water partition coefficient (Wildman–Crippen LogP) is 1.39. The van der Waals surface area contributed by atoms with Crippen molar-refractivity contribution in [1.29, 1.82) is 0 Å². The first kappa shape index (κ1) is 19.0. The monoisotopic (exact) mass is 391 g/mol. The van der Waals surface area contributed by atoms with Crippen molar-refractivity contribution in [2.24, 2.45) is 11.8 Å². The van der Waals surface area contributed by atoms with E-state index in [1.54, 1.807) is 4.90 Å². The van der Waals surface area contributed by atoms with E-state index < -0.39 is 23.5 Å². The molecule has 1 aromatic carbocycles. The largest absolute Gasteiger partial charge is 0.343 e. The quantitative estimate of drug-likeness (QED) is 0.688. The van der Waals surface area contributed by atoms with Crippen LogP contribution in [0.4, 0.5) is 8.78 Å². The van der Waals surface area contributed by atoms with Gasteiger partial charge >= 0.3 is 0 Å². The summed E-state index contributed by atoms with van der Waals surface area (Å²) >= 11 is 0. The number of carbonyl (C=O) groups excluding carboxylic acids is 3. The fourth-order valence-electron chi connectivity index (χ4n) is 4.52. The molecule has 0 bridgehead atoms. The molecule has 6 nitrogen and oxygen atoms in total. The lowest BCUT2D eigenvalue weighted by atomic mass is 10.00. The summed E-state index contributed by atoms with van der Waals surface area (Å²) in [6, 6.07) is 4.04. The second-order valence-corrected chi connectivity index (χ2v) is 7.79. The molecule has 3 aliphatic heterocycles. The summed E-state index contributed by atoms with van der Waals surface area (Å²) in [4.78, 5) is 41.9. The minimum atomic E-state index is -0.897. The molecule has 0 N–H and O–H groups in total. The van der Waals surface area contributed by atoms with Crippen LogP contribution in [0.3, 0.4) is 0 Å². The smallest absolute Gasteiger partial charge is 0.234 e. The summed E-state index contributed by atoms with van der Waals surface area (Å²) in [6.45, 7) is 2.55. The van der Waals surface area contributed by atoms with E-state index in [4.69, 9.17) is 0 Å². The Hall–Kier alpha value is -2.35. The number of benzene rings is 1. The third-order valence-corrected chi connectivity index (χ3v) is 5.97. The maximum atomic E-state index is 13.9. The second kappa shape index (κ2) is 7.58. The fourth-order valence-corrected chi connectivity index (χ4v) is 4.52. The van der Waals surface area contributed by atoms with Crippen LogP contribution in [0.2, 0.25) is 0 Å². The van der Waals surface area contributed by atoms with Gasteiger partial charge in [0.2, 0.25) is 17.7 Å². The van der Waals surface area contributed by atoms with Gasteiger partial charge < -0.3 is 4.90 Å². The molecule has 3 fully saturated rings. The van der Waals surface area contributed by atoms with E-state index in [-0.39, 0.29) is 29.8 Å². The van der Waals surface area contributed by atoms with Crippen LogP contribution >= 0.6 is 0 Å². The van der Waals surface area contributed by atoms with E-state index in [0.717, 1.165) is 19.0 Å². The SMILES string of the molecule is O=C1CCCN1CCCN1C(=O)[C@H]2CN(Cc3cccc(F)c3F)C[C@H]2C1=O. The highest BCUT2D eigenvalue weighted by atomic mass is 19.2. The molecule has 3 amide bonds. The average Bonchev–Trinajstić information content (AvgIpc) is 3.32. The molecule has 3 aliphatic rings. The zero-order chi connectivity index (χ0) is 19.8. The van der Waals surface area contributed by atoms with Crippen molar-refractivity contribution >= 4 is 17.7 Å². The number of amides is 3. The molecular weight excluding hydrogens is 368 g/mol. The lowest BCUT2D eigenvalue weighted by molar-refractivity contribution is -0.140. The Labute approximate surface area is 162 Å². The minimum absolute atomic E-state index is 0.135. The highest BCUT2D eigenvalue weighted by molar-refractivity contribution is 6.05. The van der Waals surface area contributed by atoms with Crippen LogP contribution in [-0.4, -0.2) is 65.1 Å². The number of imide groups is 1. The normalized spacial score (nSPS) is 25.3. The van der Waals surface area contributed by atoms with Crippen molar-refractivity contribution < 1.29 is 23.2 Å². The Kier molecular flexibility index (Phi) is 5.14. The van der Waals surface area contributed by atoms with E-state index in [1.165, 1.54) is 17.0 Å². The van der Waals surface area contributed by atoms with Crippen LogP contribution in [0.5, 0.6) is 0 Å². The van der Waals surface area contributed by atoms with Crippen LogP contribution in [0, 0.1) is 23.5 Å². The summed E-state index contributed by atoms with van der Waals surface area (Å²) in [5, 5.41) is 0. The van der Waals surface area contributed by atoms with Crippen LogP contribution in [0.15, 0.2) is 18.2 Å². The van der Waals surface area contributed by atoms with Gasteiger partial charge in [0, 0.05) is 51.3 Å². The van der Waals surface area contributed by atoms with E-state index >= 15 is 0 Å². The maximum absolute atomic E-state index is 13.9. The summed E-state index contributed by atoms with van der Waals surface area (Å²) < 4.78 is 27.3. The van der Waals surface area contributed by atoms with Gasteiger partial charge in [-0.2, -0.15) is 0 Å². The fraction of sp³-hybridized carbons (Fsp3) is 0.550. The number of hydrogen-bond acceptors (Lipinski definition) is 4. The van der Waals surface area contributed by atoms with Crippen LogP contribution in [-0.2, 0) is 20.9 Å². The molecule has 4 rings (SSSR count). The molecule has 0 aliphatic carbocycles. The molecule has 8 heteroatoms. The number of carbonyl (C=O) groups is 3. The second-order valence-electron chi connectivity index (χ2n) is 7.79. The molecule has 0 radical (unpaired) electrons. The van der Waals surface area contributed by atoms with Gasteiger partial charge in [-0.15, -0.1) is 0 Å². The Morgan fingerprint density at radius 2 is 1.71 bits per heavy atom. The molecule has 28 heavy (non-hydrogen) atoms. The molecule has 0 saturated carbocycles. The number of likely N-dealkylation sites (tertiary alicyclic amines) is 3. The zero-order valence-corrected chi connectivity index (χ0v) is 15.6. The zero-order valence-electron chi connectivity index (χ0n) is 15.6. The number of nitrogens with zero attached hydrogens (tertiary/aromatic N) is 3. The predicted molar refractivity (Wildman–Crippen MR) is 95.8 cm³/mol. The summed E-state index contributed by atoms with van der Waals surface area (Å²) in [6.07, 6.45) is 2.03. The van der Waals surface area contributed by atoms with E-state index in [1.807, 2.05) is 4.90 Å². The van der Waals surface area contributed by atoms with Gasteiger partial charge in [0.1, 0.15) is 0 Å². The number of halogens is 2. The van der Waals surface area contributed by atoms with Gasteiger partial charge in [0.15, 0.2) is 11.6 Å². The lowest BCUT2D eigenvalue weighted by Gasteiger charge is -2.22. The van der Waals surface area contributed by atoms with Crippen LogP contribution in [0.1, 0.15) is 24.8 Å². The van der Waals surface area contributed by atoms with Crippen molar-refractivity contribution in [2.75, 3.05) is 32.7 Å². The molecule has 1 aromatic rings. The number of rotatable bonds is 6. The van der Waals surface area contributed by atoms with Gasteiger partial charge in [-0.3, -0.25) is 24.2 Å². The standard InChI is InChI=1S/C20H23F2N3O3/c21-16-5-1-4-13(18(16)22)10-23-11-14-15(12-23)20(28)25(19(14)27)9-3-8-24-7-2-6-17(24)26/h1,4-5,14-15H,2-3,6-12H2/t14-,15+. The Morgan fingerprint density at radius 3 is 2.36 bits per heavy atom. The molecule has 2 atom stereocenters. The van der Waals surface area contributed by atoms with Gasteiger partial charge in [-0.1, -0.05) is 12.1 Å². The Morgan fingerprint density at radius 1 is 1.00 bits per heavy atom. The van der Waals surface area contributed by atoms with E-state index in [2.05, 4.69) is 0 Å². The van der Waals surface area contributed by atoms with Gasteiger partial charge in [-0.05, 0) is 18.9 Å². The highest BCUT2D eigenvalue weighted by Gasteiger charge is 2.51. The molecule has 0 aromatic heterocycles. The van der Waals surface area contributed by atoms with Crippen molar-refractivity contribution in [3.63, 3.8) is 0 Å². The van der Waals surface area contributed by atoms with Gasteiger partial charge in [-0.25, -0.2) is 8.78 Å². The van der Waals surface area contributed by atoms with Gasteiger partial charge in [0.25, 0.3) is 0 Å². The first-order valence-electron chi connectivity index (χ1n) is 9.74. The maximum Gasteiger partial charge on any atom is 0.234 e. The Bertz CT molecular complexity index is 792. The Balaban J connectivity index is 1.32. The number of fused-ring (bicyclic) bond motifs is 1. The topological polar surface area (TPSA) is 60.9 Å². The number of hydrogen-bond donors (Lipinski definition) is 0. The van der Waals surface area contributed by atoms with Crippen LogP contribution in [0.25, 0.3) is 0 Å².